The van der Waals surface area contributed by atoms with Crippen LogP contribution in [0.5, 0.6) is 0 Å². The number of ether oxygens (including phenoxy) is 1. The summed E-state index contributed by atoms with van der Waals surface area (Å²) in [5.41, 5.74) is 2.37. The number of halogens is 1. The first-order chi connectivity index (χ1) is 7.61. The number of nitrogens with zero attached hydrogens (tertiary/aromatic N) is 1. The molecule has 88 valence electrons. The molecule has 1 aliphatic rings. The monoisotopic (exact) mass is 239 g/mol. The zero-order chi connectivity index (χ0) is 11.6. The Labute approximate surface area is 102 Å². The topological polar surface area (TPSA) is 12.5 Å². The van der Waals surface area contributed by atoms with Crippen LogP contribution < -0.4 is 4.90 Å². The van der Waals surface area contributed by atoms with Crippen LogP contribution in [0, 0.1) is 0 Å². The van der Waals surface area contributed by atoms with E-state index in [-0.39, 0.29) is 5.60 Å². The molecule has 1 saturated heterocycles. The van der Waals surface area contributed by atoms with E-state index in [9.17, 15) is 0 Å². The number of hydrogen-bond acceptors (Lipinski definition) is 2. The Balaban J connectivity index is 2.11. The summed E-state index contributed by atoms with van der Waals surface area (Å²) in [6.45, 7) is 6.96. The second-order valence-corrected chi connectivity index (χ2v) is 5.10. The highest BCUT2D eigenvalue weighted by atomic mass is 35.5. The van der Waals surface area contributed by atoms with Gasteiger partial charge in [0.25, 0.3) is 0 Å². The molecule has 2 rings (SSSR count). The van der Waals surface area contributed by atoms with E-state index in [0.717, 1.165) is 25.3 Å². The van der Waals surface area contributed by atoms with Gasteiger partial charge in [0.15, 0.2) is 0 Å². The van der Waals surface area contributed by atoms with Crippen molar-refractivity contribution in [3.05, 3.63) is 29.8 Å². The van der Waals surface area contributed by atoms with Gasteiger partial charge in [-0.3, -0.25) is 0 Å². The molecule has 0 amide bonds. The van der Waals surface area contributed by atoms with Crippen LogP contribution in [0.15, 0.2) is 24.3 Å². The summed E-state index contributed by atoms with van der Waals surface area (Å²) in [5.74, 6) is 0.578. The molecule has 0 spiro atoms. The van der Waals surface area contributed by atoms with E-state index in [0.29, 0.717) is 5.88 Å². The van der Waals surface area contributed by atoms with Gasteiger partial charge in [0.05, 0.1) is 12.2 Å². The molecule has 0 aliphatic carbocycles. The summed E-state index contributed by atoms with van der Waals surface area (Å²) in [7, 11) is 0. The first kappa shape index (κ1) is 11.7. The van der Waals surface area contributed by atoms with E-state index < -0.39 is 0 Å². The number of anilines is 1. The lowest BCUT2D eigenvalue weighted by molar-refractivity contribution is -0.0276. The van der Waals surface area contributed by atoms with Gasteiger partial charge in [-0.2, -0.15) is 0 Å². The highest BCUT2D eigenvalue weighted by molar-refractivity contribution is 6.17. The molecule has 1 heterocycles. The van der Waals surface area contributed by atoms with Crippen molar-refractivity contribution >= 4 is 17.3 Å². The molecule has 1 aromatic carbocycles. The molecule has 0 aromatic heterocycles. The van der Waals surface area contributed by atoms with Crippen molar-refractivity contribution < 1.29 is 4.74 Å². The quantitative estimate of drug-likeness (QED) is 0.736. The van der Waals surface area contributed by atoms with Crippen LogP contribution in [0.3, 0.4) is 0 Å². The maximum atomic E-state index is 5.78. The lowest BCUT2D eigenvalue weighted by atomic mass is 10.1. The first-order valence-corrected chi connectivity index (χ1v) is 6.18. The third kappa shape index (κ3) is 2.69. The predicted octanol–water partition coefficient (Wildman–Crippen LogP) is 3.04. The average Bonchev–Trinajstić information content (AvgIpc) is 2.28. The smallest absolute Gasteiger partial charge is 0.0801 e. The zero-order valence-corrected chi connectivity index (χ0v) is 10.6. The second-order valence-electron chi connectivity index (χ2n) is 4.83. The van der Waals surface area contributed by atoms with Gasteiger partial charge in [0, 0.05) is 24.7 Å². The fourth-order valence-electron chi connectivity index (χ4n) is 2.03. The molecular weight excluding hydrogens is 222 g/mol. The molecule has 2 nitrogen and oxygen atoms in total. The van der Waals surface area contributed by atoms with Gasteiger partial charge in [-0.05, 0) is 31.5 Å². The second kappa shape index (κ2) is 4.64. The number of hydrogen-bond donors (Lipinski definition) is 0. The van der Waals surface area contributed by atoms with Gasteiger partial charge in [0.2, 0.25) is 0 Å². The largest absolute Gasteiger partial charge is 0.372 e. The van der Waals surface area contributed by atoms with Gasteiger partial charge < -0.3 is 9.64 Å². The maximum absolute atomic E-state index is 5.78. The number of morpholine rings is 1. The van der Waals surface area contributed by atoms with Crippen molar-refractivity contribution in [2.45, 2.75) is 25.3 Å². The summed E-state index contributed by atoms with van der Waals surface area (Å²) in [4.78, 5) is 2.36. The van der Waals surface area contributed by atoms with E-state index in [1.54, 1.807) is 0 Å². The fraction of sp³-hybridized carbons (Fsp3) is 0.538. The number of rotatable bonds is 2. The van der Waals surface area contributed by atoms with E-state index in [1.165, 1.54) is 5.69 Å². The van der Waals surface area contributed by atoms with Crippen LogP contribution in [-0.4, -0.2) is 25.3 Å². The van der Waals surface area contributed by atoms with Gasteiger partial charge in [-0.15, -0.1) is 11.6 Å². The van der Waals surface area contributed by atoms with E-state index in [2.05, 4.69) is 43.0 Å². The molecule has 1 aliphatic heterocycles. The Morgan fingerprint density at radius 1 is 1.31 bits per heavy atom. The highest BCUT2D eigenvalue weighted by Gasteiger charge is 2.27. The van der Waals surface area contributed by atoms with Crippen molar-refractivity contribution in [3.63, 3.8) is 0 Å². The number of benzene rings is 1. The van der Waals surface area contributed by atoms with Gasteiger partial charge >= 0.3 is 0 Å². The molecule has 1 fully saturated rings. The van der Waals surface area contributed by atoms with Gasteiger partial charge in [-0.1, -0.05) is 12.1 Å². The van der Waals surface area contributed by atoms with Crippen molar-refractivity contribution in [2.24, 2.45) is 0 Å². The number of alkyl halides is 1. The zero-order valence-electron chi connectivity index (χ0n) is 9.87. The minimum absolute atomic E-state index is 0.0522. The molecule has 0 radical (unpaired) electrons. The summed E-state index contributed by atoms with van der Waals surface area (Å²) < 4.78 is 5.70. The lowest BCUT2D eigenvalue weighted by Crippen LogP contribution is -2.48. The van der Waals surface area contributed by atoms with E-state index in [4.69, 9.17) is 16.3 Å². The lowest BCUT2D eigenvalue weighted by Gasteiger charge is -2.39. The maximum Gasteiger partial charge on any atom is 0.0801 e. The Kier molecular flexibility index (Phi) is 3.41. The van der Waals surface area contributed by atoms with Crippen LogP contribution in [0.4, 0.5) is 5.69 Å². The van der Waals surface area contributed by atoms with Crippen LogP contribution in [0.25, 0.3) is 0 Å². The molecule has 0 saturated carbocycles. The van der Waals surface area contributed by atoms with Crippen LogP contribution in [0.2, 0.25) is 0 Å². The Hall–Kier alpha value is -0.730. The van der Waals surface area contributed by atoms with Crippen LogP contribution in [-0.2, 0) is 10.6 Å². The molecule has 0 bridgehead atoms. The highest BCUT2D eigenvalue weighted by Crippen LogP contribution is 2.23. The summed E-state index contributed by atoms with van der Waals surface area (Å²) in [6, 6.07) is 8.45. The minimum atomic E-state index is -0.0522. The van der Waals surface area contributed by atoms with Crippen molar-refractivity contribution in [2.75, 3.05) is 24.6 Å². The molecule has 3 heteroatoms. The third-order valence-electron chi connectivity index (χ3n) is 2.88. The SMILES string of the molecule is CC1(C)CN(c2ccc(CCl)cc2)CCO1. The molecule has 0 atom stereocenters. The molecule has 0 N–H and O–H groups in total. The Bertz CT molecular complexity index is 347. The molecular formula is C13H18ClNO. The Morgan fingerprint density at radius 2 is 2.00 bits per heavy atom. The predicted molar refractivity (Wildman–Crippen MR) is 68.2 cm³/mol. The van der Waals surface area contributed by atoms with Gasteiger partial charge in [-0.25, -0.2) is 0 Å². The third-order valence-corrected chi connectivity index (χ3v) is 3.19. The van der Waals surface area contributed by atoms with Crippen LogP contribution >= 0.6 is 11.6 Å². The first-order valence-electron chi connectivity index (χ1n) is 5.64. The minimum Gasteiger partial charge on any atom is -0.372 e. The summed E-state index contributed by atoms with van der Waals surface area (Å²) in [6.07, 6.45) is 0. The van der Waals surface area contributed by atoms with E-state index in [1.807, 2.05) is 0 Å². The molecule has 16 heavy (non-hydrogen) atoms. The van der Waals surface area contributed by atoms with Crippen molar-refractivity contribution in [1.29, 1.82) is 0 Å². The fourth-order valence-corrected chi connectivity index (χ4v) is 2.21. The summed E-state index contributed by atoms with van der Waals surface area (Å²) >= 11 is 5.78. The van der Waals surface area contributed by atoms with Crippen molar-refractivity contribution in [1.82, 2.24) is 0 Å². The van der Waals surface area contributed by atoms with E-state index >= 15 is 0 Å². The normalized spacial score (nSPS) is 19.8. The Morgan fingerprint density at radius 3 is 2.56 bits per heavy atom. The molecule has 1 aromatic rings. The standard InChI is InChI=1S/C13H18ClNO/c1-13(2)10-15(7-8-16-13)12-5-3-11(9-14)4-6-12/h3-6H,7-10H2,1-2H3. The summed E-state index contributed by atoms with van der Waals surface area (Å²) in [5, 5.41) is 0. The average molecular weight is 240 g/mol. The van der Waals surface area contributed by atoms with Crippen LogP contribution in [0.1, 0.15) is 19.4 Å². The van der Waals surface area contributed by atoms with Gasteiger partial charge in [0.1, 0.15) is 0 Å². The molecule has 0 unspecified atom stereocenters. The van der Waals surface area contributed by atoms with Crippen molar-refractivity contribution in [3.8, 4) is 0 Å².